The lowest BCUT2D eigenvalue weighted by molar-refractivity contribution is 0.748. The van der Waals surface area contributed by atoms with Gasteiger partial charge in [-0.2, -0.15) is 0 Å². The van der Waals surface area contributed by atoms with Crippen LogP contribution in [0.5, 0.6) is 0 Å². The number of hydrogen-bond donors (Lipinski definition) is 0. The van der Waals surface area contributed by atoms with Gasteiger partial charge in [0.1, 0.15) is 0 Å². The zero-order valence-electron chi connectivity index (χ0n) is 34.5. The zero-order chi connectivity index (χ0) is 41.5. The predicted molar refractivity (Wildman–Crippen MR) is 263 cm³/mol. The van der Waals surface area contributed by atoms with Gasteiger partial charge in [-0.1, -0.05) is 194 Å². The molecule has 294 valence electrons. The number of anilines is 3. The van der Waals surface area contributed by atoms with Crippen LogP contribution in [0.15, 0.2) is 243 Å². The molecule has 2 nitrogen and oxygen atoms in total. The summed E-state index contributed by atoms with van der Waals surface area (Å²) in [4.78, 5) is 2.45. The first-order valence-corrected chi connectivity index (χ1v) is 21.8. The number of nitrogens with zero attached hydrogens (tertiary/aromatic N) is 2. The second kappa shape index (κ2) is 13.9. The minimum Gasteiger partial charge on any atom is -0.310 e. The summed E-state index contributed by atoms with van der Waals surface area (Å²) in [6, 6.07) is 89.6. The van der Waals surface area contributed by atoms with Crippen molar-refractivity contribution in [2.75, 3.05) is 4.90 Å². The molecule has 0 N–H and O–H groups in total. The van der Waals surface area contributed by atoms with E-state index in [0.717, 1.165) is 17.1 Å². The Morgan fingerprint density at radius 3 is 1.63 bits per heavy atom. The average Bonchev–Trinajstić information content (AvgIpc) is 3.85. The molecule has 0 saturated heterocycles. The van der Waals surface area contributed by atoms with Crippen molar-refractivity contribution in [2.45, 2.75) is 5.41 Å². The van der Waals surface area contributed by atoms with E-state index < -0.39 is 5.41 Å². The Morgan fingerprint density at radius 1 is 0.302 bits per heavy atom. The lowest BCUT2D eigenvalue weighted by Crippen LogP contribution is -2.33. The molecule has 0 bridgehead atoms. The Morgan fingerprint density at radius 2 is 0.841 bits per heavy atom. The summed E-state index contributed by atoms with van der Waals surface area (Å²) in [5.74, 6) is 0. The molecule has 1 aliphatic carbocycles. The fourth-order valence-electron chi connectivity index (χ4n) is 11.0. The number of rotatable bonds is 6. The largest absolute Gasteiger partial charge is 0.310 e. The van der Waals surface area contributed by atoms with Crippen molar-refractivity contribution in [2.24, 2.45) is 0 Å². The van der Waals surface area contributed by atoms with E-state index in [1.807, 2.05) is 0 Å². The van der Waals surface area contributed by atoms with E-state index in [-0.39, 0.29) is 0 Å². The average molecular weight is 801 g/mol. The monoisotopic (exact) mass is 800 g/mol. The Bertz CT molecular complexity index is 3570. The Hall–Kier alpha value is -8.20. The first-order valence-electron chi connectivity index (χ1n) is 21.8. The van der Waals surface area contributed by atoms with Crippen molar-refractivity contribution in [1.29, 1.82) is 0 Å². The van der Waals surface area contributed by atoms with Crippen LogP contribution in [0, 0.1) is 0 Å². The van der Waals surface area contributed by atoms with E-state index in [1.54, 1.807) is 0 Å². The van der Waals surface area contributed by atoms with Gasteiger partial charge in [0.2, 0.25) is 0 Å². The van der Waals surface area contributed by atoms with Crippen LogP contribution in [0.4, 0.5) is 17.1 Å². The van der Waals surface area contributed by atoms with Gasteiger partial charge in [0.25, 0.3) is 0 Å². The molecule has 1 aromatic heterocycles. The molecule has 0 saturated carbocycles. The fraction of sp³-hybridized carbons (Fsp3) is 0.0164. The quantitative estimate of drug-likeness (QED) is 0.163. The molecule has 0 fully saturated rings. The first-order chi connectivity index (χ1) is 31.3. The van der Waals surface area contributed by atoms with E-state index in [0.29, 0.717) is 0 Å². The highest BCUT2D eigenvalue weighted by atomic mass is 15.1. The van der Waals surface area contributed by atoms with Gasteiger partial charge in [-0.25, -0.2) is 0 Å². The number of aromatic nitrogens is 1. The summed E-state index contributed by atoms with van der Waals surface area (Å²) in [5, 5.41) is 2.57. The summed E-state index contributed by atoms with van der Waals surface area (Å²) in [6.07, 6.45) is 0. The lowest BCUT2D eigenvalue weighted by Gasteiger charge is -2.39. The van der Waals surface area contributed by atoms with Crippen molar-refractivity contribution in [1.82, 2.24) is 4.57 Å². The van der Waals surface area contributed by atoms with Gasteiger partial charge in [-0.05, 0) is 115 Å². The third-order valence-corrected chi connectivity index (χ3v) is 13.6. The second-order valence-electron chi connectivity index (χ2n) is 16.8. The molecule has 1 unspecified atom stereocenters. The second-order valence-corrected chi connectivity index (χ2v) is 16.8. The van der Waals surface area contributed by atoms with E-state index in [9.17, 15) is 0 Å². The highest BCUT2D eigenvalue weighted by molar-refractivity contribution is 6.13. The third kappa shape index (κ3) is 5.19. The molecular formula is C61H40N2. The highest BCUT2D eigenvalue weighted by Crippen LogP contribution is 2.61. The Labute approximate surface area is 367 Å². The minimum absolute atomic E-state index is 0.513. The summed E-state index contributed by atoms with van der Waals surface area (Å²) < 4.78 is 2.51. The fourth-order valence-corrected chi connectivity index (χ4v) is 11.0. The van der Waals surface area contributed by atoms with Gasteiger partial charge in [0.15, 0.2) is 0 Å². The summed E-state index contributed by atoms with van der Waals surface area (Å²) in [7, 11) is 0. The van der Waals surface area contributed by atoms with E-state index in [1.165, 1.54) is 94.3 Å². The number of fused-ring (bicyclic) bond motifs is 12. The summed E-state index contributed by atoms with van der Waals surface area (Å²) in [6.45, 7) is 0. The van der Waals surface area contributed by atoms with E-state index in [4.69, 9.17) is 0 Å². The maximum Gasteiger partial charge on any atom is 0.0754 e. The van der Waals surface area contributed by atoms with Crippen molar-refractivity contribution in [3.63, 3.8) is 0 Å². The third-order valence-electron chi connectivity index (χ3n) is 13.6. The molecule has 2 heterocycles. The molecule has 0 radical (unpaired) electrons. The van der Waals surface area contributed by atoms with Crippen LogP contribution in [0.2, 0.25) is 0 Å². The molecule has 1 atom stereocenters. The Balaban J connectivity index is 1.08. The maximum absolute atomic E-state index is 2.51. The number of benzene rings is 10. The van der Waals surface area contributed by atoms with Crippen LogP contribution >= 0.6 is 0 Å². The standard InChI is InChI=1S/C61H40N2/c1-4-18-41(19-5-1)44-24-16-25-45(38-44)62(46-34-36-48(42-20-6-2-7-21-42)52(39-46)43-22-8-3-9-23-43)47-35-37-55-53(40-47)49-26-10-12-29-54(49)61(55)56-30-13-15-33-59(56)63-58-32-14-11-27-50(58)51-28-17-31-57(61)60(51)63/h1-40H. The first kappa shape index (κ1) is 35.5. The normalized spacial score (nSPS) is 14.4. The Kier molecular flexibility index (Phi) is 7.85. The molecule has 2 aliphatic rings. The van der Waals surface area contributed by atoms with E-state index in [2.05, 4.69) is 252 Å². The minimum atomic E-state index is -0.513. The number of para-hydroxylation sites is 3. The van der Waals surface area contributed by atoms with Crippen LogP contribution in [-0.2, 0) is 5.41 Å². The molecule has 0 amide bonds. The smallest absolute Gasteiger partial charge is 0.0754 e. The van der Waals surface area contributed by atoms with Crippen LogP contribution < -0.4 is 4.90 Å². The topological polar surface area (TPSA) is 8.17 Å². The summed E-state index contributed by atoms with van der Waals surface area (Å²) in [5.41, 5.74) is 21.5. The number of hydrogen-bond acceptors (Lipinski definition) is 1. The summed E-state index contributed by atoms with van der Waals surface area (Å²) >= 11 is 0. The van der Waals surface area contributed by atoms with Crippen molar-refractivity contribution in [3.05, 3.63) is 265 Å². The molecule has 63 heavy (non-hydrogen) atoms. The van der Waals surface area contributed by atoms with Crippen LogP contribution in [0.1, 0.15) is 22.3 Å². The van der Waals surface area contributed by atoms with Gasteiger partial charge >= 0.3 is 0 Å². The molecule has 1 spiro atoms. The highest BCUT2D eigenvalue weighted by Gasteiger charge is 2.50. The van der Waals surface area contributed by atoms with Crippen LogP contribution in [0.25, 0.3) is 72.0 Å². The lowest BCUT2D eigenvalue weighted by atomic mass is 9.65. The van der Waals surface area contributed by atoms with E-state index >= 15 is 0 Å². The van der Waals surface area contributed by atoms with Gasteiger partial charge in [-0.15, -0.1) is 0 Å². The predicted octanol–water partition coefficient (Wildman–Crippen LogP) is 15.9. The van der Waals surface area contributed by atoms with Crippen LogP contribution in [0.3, 0.4) is 0 Å². The molecule has 1 aliphatic heterocycles. The maximum atomic E-state index is 2.51. The van der Waals surface area contributed by atoms with Crippen molar-refractivity contribution in [3.8, 4) is 50.2 Å². The van der Waals surface area contributed by atoms with Gasteiger partial charge in [-0.3, -0.25) is 0 Å². The molecule has 10 aromatic carbocycles. The van der Waals surface area contributed by atoms with Gasteiger partial charge in [0, 0.05) is 27.8 Å². The van der Waals surface area contributed by atoms with Gasteiger partial charge < -0.3 is 9.47 Å². The van der Waals surface area contributed by atoms with Crippen molar-refractivity contribution >= 4 is 38.9 Å². The molecular weight excluding hydrogens is 761 g/mol. The SMILES string of the molecule is c1ccc(-c2cccc(N(c3ccc(-c4ccccc4)c(-c4ccccc4)c3)c3ccc4c(c3)-c3ccccc3C43c4ccccc4-n4c5ccccc5c5cccc3c54)c2)cc1. The van der Waals surface area contributed by atoms with Crippen LogP contribution in [-0.4, -0.2) is 4.57 Å². The van der Waals surface area contributed by atoms with Crippen molar-refractivity contribution < 1.29 is 0 Å². The molecule has 2 heteroatoms. The molecule has 13 rings (SSSR count). The zero-order valence-corrected chi connectivity index (χ0v) is 34.5. The molecule has 11 aromatic rings. The van der Waals surface area contributed by atoms with Gasteiger partial charge in [0.05, 0.1) is 22.1 Å².